The van der Waals surface area contributed by atoms with Crippen molar-refractivity contribution in [2.45, 2.75) is 13.1 Å². The number of benzene rings is 2. The minimum atomic E-state index is -4.39. The van der Waals surface area contributed by atoms with Crippen molar-refractivity contribution in [2.24, 2.45) is 0 Å². The van der Waals surface area contributed by atoms with Crippen molar-refractivity contribution < 1.29 is 27.5 Å². The Morgan fingerprint density at radius 1 is 1.03 bits per heavy atom. The fourth-order valence-corrected chi connectivity index (χ4v) is 5.37. The van der Waals surface area contributed by atoms with Crippen LogP contribution in [0.5, 0.6) is 0 Å². The van der Waals surface area contributed by atoms with Crippen molar-refractivity contribution in [1.82, 2.24) is 4.90 Å². The molecular weight excluding hydrogens is 491 g/mol. The number of ether oxygens (including phenoxy) is 1. The van der Waals surface area contributed by atoms with E-state index in [0.29, 0.717) is 42.4 Å². The lowest BCUT2D eigenvalue weighted by atomic mass is 10.0. The Bertz CT molecular complexity index is 1240. The quantitative estimate of drug-likeness (QED) is 0.451. The summed E-state index contributed by atoms with van der Waals surface area (Å²) in [4.78, 5) is 30.2. The van der Waals surface area contributed by atoms with Crippen molar-refractivity contribution >= 4 is 33.9 Å². The Morgan fingerprint density at radius 2 is 1.72 bits per heavy atom. The van der Waals surface area contributed by atoms with Gasteiger partial charge in [0.1, 0.15) is 10.6 Å². The van der Waals surface area contributed by atoms with Crippen molar-refractivity contribution in [2.75, 3.05) is 50.1 Å². The second-order valence-electron chi connectivity index (χ2n) is 8.45. The monoisotopic (exact) mass is 517 g/mol. The van der Waals surface area contributed by atoms with Crippen LogP contribution in [0.1, 0.15) is 20.8 Å². The smallest absolute Gasteiger partial charge is 0.416 e. The molecule has 0 radical (unpaired) electrons. The van der Waals surface area contributed by atoms with Gasteiger partial charge in [0.2, 0.25) is 5.91 Å². The molecular formula is C26H26F3N3O3S. The number of hydrogen-bond acceptors (Lipinski definition) is 6. The third kappa shape index (κ3) is 5.71. The molecule has 1 saturated heterocycles. The van der Waals surface area contributed by atoms with Gasteiger partial charge in [0.25, 0.3) is 0 Å². The van der Waals surface area contributed by atoms with Crippen LogP contribution in [0.2, 0.25) is 0 Å². The molecule has 36 heavy (non-hydrogen) atoms. The van der Waals surface area contributed by atoms with Gasteiger partial charge in [0.05, 0.1) is 19.2 Å². The van der Waals surface area contributed by atoms with Crippen LogP contribution in [-0.2, 0) is 15.7 Å². The van der Waals surface area contributed by atoms with Gasteiger partial charge in [-0.1, -0.05) is 36.4 Å². The van der Waals surface area contributed by atoms with Crippen LogP contribution >= 0.6 is 11.3 Å². The maximum atomic E-state index is 13.0. The number of methoxy groups -OCH3 is 1. The fourth-order valence-electron chi connectivity index (χ4n) is 4.29. The average Bonchev–Trinajstić information content (AvgIpc) is 3.19. The largest absolute Gasteiger partial charge is 0.465 e. The Balaban J connectivity index is 1.41. The molecule has 1 fully saturated rings. The van der Waals surface area contributed by atoms with Crippen LogP contribution in [0.4, 0.5) is 23.9 Å². The lowest BCUT2D eigenvalue weighted by Gasteiger charge is -2.36. The first-order chi connectivity index (χ1) is 17.2. The number of anilines is 2. The SMILES string of the molecule is COC(=O)c1c(NC(=O)CN2CCN(c3cccc(C(F)(F)F)c3)CC2)sc(C)c1-c1ccccc1. The highest BCUT2D eigenvalue weighted by Gasteiger charge is 2.31. The van der Waals surface area contributed by atoms with Gasteiger partial charge in [-0.3, -0.25) is 9.69 Å². The van der Waals surface area contributed by atoms with Crippen LogP contribution < -0.4 is 10.2 Å². The zero-order valence-electron chi connectivity index (χ0n) is 19.9. The Morgan fingerprint density at radius 3 is 2.36 bits per heavy atom. The molecule has 2 heterocycles. The van der Waals surface area contributed by atoms with Crippen molar-refractivity contribution in [3.8, 4) is 11.1 Å². The summed E-state index contributed by atoms with van der Waals surface area (Å²) >= 11 is 1.32. The minimum absolute atomic E-state index is 0.106. The Hall–Kier alpha value is -3.37. The molecule has 4 rings (SSSR count). The minimum Gasteiger partial charge on any atom is -0.465 e. The molecule has 190 valence electrons. The second-order valence-corrected chi connectivity index (χ2v) is 9.68. The molecule has 6 nitrogen and oxygen atoms in total. The summed E-state index contributed by atoms with van der Waals surface area (Å²) in [5, 5.41) is 3.31. The van der Waals surface area contributed by atoms with Crippen molar-refractivity contribution in [3.05, 3.63) is 70.6 Å². The zero-order chi connectivity index (χ0) is 25.9. The predicted molar refractivity (Wildman–Crippen MR) is 135 cm³/mol. The molecule has 1 aliphatic heterocycles. The van der Waals surface area contributed by atoms with Crippen molar-refractivity contribution in [3.63, 3.8) is 0 Å². The lowest BCUT2D eigenvalue weighted by molar-refractivity contribution is -0.137. The predicted octanol–water partition coefficient (Wildman–Crippen LogP) is 5.29. The zero-order valence-corrected chi connectivity index (χ0v) is 20.7. The van der Waals surface area contributed by atoms with E-state index in [1.165, 1.54) is 24.5 Å². The Kier molecular flexibility index (Phi) is 7.65. The number of thiophene rings is 1. The number of aryl methyl sites for hydroxylation is 1. The third-order valence-electron chi connectivity index (χ3n) is 6.07. The topological polar surface area (TPSA) is 61.9 Å². The number of carbonyl (C=O) groups is 2. The van der Waals surface area contributed by atoms with Gasteiger partial charge in [-0.15, -0.1) is 11.3 Å². The van der Waals surface area contributed by atoms with Crippen LogP contribution in [0.25, 0.3) is 11.1 Å². The number of hydrogen-bond donors (Lipinski definition) is 1. The van der Waals surface area contributed by atoms with Gasteiger partial charge in [-0.05, 0) is 30.7 Å². The molecule has 1 aromatic heterocycles. The van der Waals surface area contributed by atoms with Gasteiger partial charge in [0.15, 0.2) is 0 Å². The maximum absolute atomic E-state index is 13.0. The number of halogens is 3. The van der Waals surface area contributed by atoms with E-state index in [1.807, 2.05) is 47.1 Å². The first-order valence-electron chi connectivity index (χ1n) is 11.4. The van der Waals surface area contributed by atoms with Gasteiger partial charge >= 0.3 is 12.1 Å². The van der Waals surface area contributed by atoms with E-state index in [-0.39, 0.29) is 12.5 Å². The summed E-state index contributed by atoms with van der Waals surface area (Å²) in [6.45, 7) is 4.03. The van der Waals surface area contributed by atoms with E-state index in [0.717, 1.165) is 28.1 Å². The van der Waals surface area contributed by atoms with Crippen LogP contribution in [-0.4, -0.2) is 56.6 Å². The van der Waals surface area contributed by atoms with E-state index in [1.54, 1.807) is 6.07 Å². The summed E-state index contributed by atoms with van der Waals surface area (Å²) in [7, 11) is 1.31. The lowest BCUT2D eigenvalue weighted by Crippen LogP contribution is -2.48. The summed E-state index contributed by atoms with van der Waals surface area (Å²) in [5.74, 6) is -0.795. The maximum Gasteiger partial charge on any atom is 0.416 e. The van der Waals surface area contributed by atoms with E-state index in [4.69, 9.17) is 4.74 Å². The Labute approximate surface area is 211 Å². The number of rotatable bonds is 6. The summed E-state index contributed by atoms with van der Waals surface area (Å²) in [6, 6.07) is 14.7. The standard InChI is InChI=1S/C26H26F3N3O3S/c1-17-22(18-7-4-3-5-8-18)23(25(34)35-2)24(36-17)30-21(33)16-31-11-13-32(14-12-31)20-10-6-9-19(15-20)26(27,28)29/h3-10,15H,11-14,16H2,1-2H3,(H,30,33). The highest BCUT2D eigenvalue weighted by molar-refractivity contribution is 7.17. The van der Waals surface area contributed by atoms with Gasteiger partial charge in [-0.25, -0.2) is 4.79 Å². The first-order valence-corrected chi connectivity index (χ1v) is 12.2. The summed E-state index contributed by atoms with van der Waals surface area (Å²) in [6.07, 6.45) is -4.39. The number of nitrogens with zero attached hydrogens (tertiary/aromatic N) is 2. The van der Waals surface area contributed by atoms with Crippen LogP contribution in [0, 0.1) is 6.92 Å². The molecule has 2 aromatic carbocycles. The molecule has 0 unspecified atom stereocenters. The van der Waals surface area contributed by atoms with Gasteiger partial charge in [-0.2, -0.15) is 13.2 Å². The van der Waals surface area contributed by atoms with Gasteiger partial charge in [0, 0.05) is 42.3 Å². The highest BCUT2D eigenvalue weighted by Crippen LogP contribution is 2.40. The number of carbonyl (C=O) groups excluding carboxylic acids is 2. The highest BCUT2D eigenvalue weighted by atomic mass is 32.1. The summed E-state index contributed by atoms with van der Waals surface area (Å²) in [5.41, 5.74) is 1.76. The molecule has 0 bridgehead atoms. The van der Waals surface area contributed by atoms with E-state index in [9.17, 15) is 22.8 Å². The molecule has 0 spiro atoms. The first kappa shape index (κ1) is 25.7. The van der Waals surface area contributed by atoms with E-state index in [2.05, 4.69) is 5.32 Å². The number of alkyl halides is 3. The number of esters is 1. The summed E-state index contributed by atoms with van der Waals surface area (Å²) < 4.78 is 44.1. The number of piperazine rings is 1. The molecule has 1 aliphatic rings. The average molecular weight is 518 g/mol. The van der Waals surface area contributed by atoms with Crippen molar-refractivity contribution in [1.29, 1.82) is 0 Å². The molecule has 0 aliphatic carbocycles. The normalized spacial score (nSPS) is 14.5. The second kappa shape index (κ2) is 10.7. The van der Waals surface area contributed by atoms with Gasteiger partial charge < -0.3 is 15.0 Å². The number of nitrogens with one attached hydrogen (secondary N) is 1. The number of amides is 1. The fraction of sp³-hybridized carbons (Fsp3) is 0.308. The van der Waals surface area contributed by atoms with E-state index >= 15 is 0 Å². The van der Waals surface area contributed by atoms with E-state index < -0.39 is 17.7 Å². The molecule has 3 aromatic rings. The molecule has 1 amide bonds. The molecule has 10 heteroatoms. The molecule has 0 atom stereocenters. The van der Waals surface area contributed by atoms with Crippen LogP contribution in [0.3, 0.4) is 0 Å². The molecule has 0 saturated carbocycles. The third-order valence-corrected chi connectivity index (χ3v) is 7.09. The van der Waals surface area contributed by atoms with Crippen LogP contribution in [0.15, 0.2) is 54.6 Å². The molecule has 1 N–H and O–H groups in total.